The fraction of sp³-hybridized carbons (Fsp3) is 0.188. The van der Waals surface area contributed by atoms with Gasteiger partial charge in [-0.1, -0.05) is 46.3 Å². The summed E-state index contributed by atoms with van der Waals surface area (Å²) in [5.41, 5.74) is 1.40. The van der Waals surface area contributed by atoms with Gasteiger partial charge in [0.2, 0.25) is 5.91 Å². The third kappa shape index (κ3) is 2.75. The molecule has 20 heavy (non-hydrogen) atoms. The van der Waals surface area contributed by atoms with Gasteiger partial charge in [0, 0.05) is 10.4 Å². The molecular weight excluding hydrogens is 321 g/mol. The van der Waals surface area contributed by atoms with Gasteiger partial charge in [0.25, 0.3) is 0 Å². The van der Waals surface area contributed by atoms with Gasteiger partial charge in [0.1, 0.15) is 5.82 Å². The minimum Gasteiger partial charge on any atom is -0.323 e. The van der Waals surface area contributed by atoms with Crippen molar-refractivity contribution in [2.45, 2.75) is 12.3 Å². The number of benzene rings is 2. The first kappa shape index (κ1) is 13.3. The quantitative estimate of drug-likeness (QED) is 0.889. The Hall–Kier alpha value is -1.68. The number of halogens is 2. The molecule has 0 aliphatic heterocycles. The van der Waals surface area contributed by atoms with Crippen LogP contribution < -0.4 is 5.32 Å². The molecule has 0 heterocycles. The zero-order chi connectivity index (χ0) is 14.1. The fourth-order valence-corrected chi connectivity index (χ4v) is 2.70. The van der Waals surface area contributed by atoms with Crippen LogP contribution in [0.4, 0.5) is 10.1 Å². The Morgan fingerprint density at radius 1 is 1.20 bits per heavy atom. The summed E-state index contributed by atoms with van der Waals surface area (Å²) < 4.78 is 14.3. The minimum atomic E-state index is -0.426. The number of amides is 1. The van der Waals surface area contributed by atoms with Crippen molar-refractivity contribution in [2.75, 3.05) is 5.32 Å². The molecule has 0 radical (unpaired) electrons. The summed E-state index contributed by atoms with van der Waals surface area (Å²) in [5, 5.41) is 2.66. The van der Waals surface area contributed by atoms with Gasteiger partial charge in [-0.2, -0.15) is 0 Å². The average Bonchev–Trinajstić information content (AvgIpc) is 3.23. The molecule has 1 aliphatic carbocycles. The molecule has 3 rings (SSSR count). The molecular formula is C16H13BrFNO. The average molecular weight is 334 g/mol. The second kappa shape index (κ2) is 5.37. The predicted octanol–water partition coefficient (Wildman–Crippen LogP) is 4.33. The Kier molecular flexibility index (Phi) is 3.57. The number of rotatable bonds is 3. The second-order valence-corrected chi connectivity index (χ2v) is 5.89. The molecule has 1 saturated carbocycles. The van der Waals surface area contributed by atoms with Gasteiger partial charge in [-0.3, -0.25) is 4.79 Å². The first-order chi connectivity index (χ1) is 9.65. The highest BCUT2D eigenvalue weighted by atomic mass is 79.9. The number of carbonyl (C=O) groups excluding carboxylic acids is 1. The van der Waals surface area contributed by atoms with E-state index < -0.39 is 5.82 Å². The highest BCUT2D eigenvalue weighted by Gasteiger charge is 2.43. The largest absolute Gasteiger partial charge is 0.323 e. The summed E-state index contributed by atoms with van der Waals surface area (Å²) in [6.45, 7) is 0. The van der Waals surface area contributed by atoms with Crippen LogP contribution in [0.1, 0.15) is 17.9 Å². The van der Waals surface area contributed by atoms with Crippen molar-refractivity contribution in [1.82, 2.24) is 0 Å². The Labute approximate surface area is 125 Å². The smallest absolute Gasteiger partial charge is 0.228 e. The van der Waals surface area contributed by atoms with Crippen molar-refractivity contribution in [3.05, 3.63) is 64.4 Å². The van der Waals surface area contributed by atoms with Crippen LogP contribution in [0.25, 0.3) is 0 Å². The van der Waals surface area contributed by atoms with Gasteiger partial charge in [-0.15, -0.1) is 0 Å². The van der Waals surface area contributed by atoms with E-state index in [1.807, 2.05) is 30.3 Å². The van der Waals surface area contributed by atoms with E-state index in [1.54, 1.807) is 12.1 Å². The summed E-state index contributed by atoms with van der Waals surface area (Å²) in [4.78, 5) is 12.1. The lowest BCUT2D eigenvalue weighted by molar-refractivity contribution is -0.117. The van der Waals surface area contributed by atoms with Gasteiger partial charge in [0.05, 0.1) is 5.69 Å². The number of nitrogens with one attached hydrogen (secondary N) is 1. The monoisotopic (exact) mass is 333 g/mol. The number of carbonyl (C=O) groups is 1. The maximum atomic E-state index is 13.7. The highest BCUT2D eigenvalue weighted by molar-refractivity contribution is 9.10. The predicted molar refractivity (Wildman–Crippen MR) is 80.0 cm³/mol. The maximum Gasteiger partial charge on any atom is 0.228 e. The van der Waals surface area contributed by atoms with Crippen molar-refractivity contribution in [3.63, 3.8) is 0 Å². The molecule has 0 spiro atoms. The molecule has 2 atom stereocenters. The van der Waals surface area contributed by atoms with E-state index >= 15 is 0 Å². The summed E-state index contributed by atoms with van der Waals surface area (Å²) in [6.07, 6.45) is 0.827. The first-order valence-electron chi connectivity index (χ1n) is 6.46. The third-order valence-corrected chi connectivity index (χ3v) is 4.04. The van der Waals surface area contributed by atoms with Crippen LogP contribution in [0.2, 0.25) is 0 Å². The summed E-state index contributed by atoms with van der Waals surface area (Å²) in [7, 11) is 0. The molecule has 2 aromatic carbocycles. The molecule has 2 nitrogen and oxygen atoms in total. The van der Waals surface area contributed by atoms with Crippen LogP contribution in [-0.4, -0.2) is 5.91 Å². The topological polar surface area (TPSA) is 29.1 Å². The van der Waals surface area contributed by atoms with Crippen molar-refractivity contribution < 1.29 is 9.18 Å². The number of anilines is 1. The van der Waals surface area contributed by atoms with Crippen LogP contribution >= 0.6 is 15.9 Å². The molecule has 0 saturated heterocycles. The normalized spacial score (nSPS) is 20.5. The molecule has 0 unspecified atom stereocenters. The van der Waals surface area contributed by atoms with Crippen LogP contribution in [-0.2, 0) is 4.79 Å². The summed E-state index contributed by atoms with van der Waals surface area (Å²) in [5.74, 6) is -0.333. The van der Waals surface area contributed by atoms with Crippen LogP contribution in [0.5, 0.6) is 0 Å². The first-order valence-corrected chi connectivity index (χ1v) is 7.25. The lowest BCUT2D eigenvalue weighted by atomic mass is 10.1. The number of hydrogen-bond donors (Lipinski definition) is 1. The van der Waals surface area contributed by atoms with Gasteiger partial charge < -0.3 is 5.32 Å². The zero-order valence-corrected chi connectivity index (χ0v) is 12.2. The summed E-state index contributed by atoms with van der Waals surface area (Å²) >= 11 is 3.19. The van der Waals surface area contributed by atoms with Crippen molar-refractivity contribution in [3.8, 4) is 0 Å². The van der Waals surface area contributed by atoms with E-state index in [4.69, 9.17) is 0 Å². The molecule has 0 aromatic heterocycles. The lowest BCUT2D eigenvalue weighted by Gasteiger charge is -2.06. The number of hydrogen-bond acceptors (Lipinski definition) is 1. The van der Waals surface area contributed by atoms with Gasteiger partial charge in [0.15, 0.2) is 0 Å². The SMILES string of the molecule is O=C(Nc1ccc(Br)cc1F)[C@H]1C[C@@H]1c1ccccc1. The minimum absolute atomic E-state index is 0.0551. The molecule has 1 amide bonds. The molecule has 1 fully saturated rings. The van der Waals surface area contributed by atoms with Gasteiger partial charge in [-0.25, -0.2) is 4.39 Å². The molecule has 102 valence electrons. The van der Waals surface area contributed by atoms with E-state index in [0.717, 1.165) is 6.42 Å². The Morgan fingerprint density at radius 2 is 1.95 bits per heavy atom. The Balaban J connectivity index is 1.67. The highest BCUT2D eigenvalue weighted by Crippen LogP contribution is 2.47. The van der Waals surface area contributed by atoms with Crippen LogP contribution in [0.15, 0.2) is 53.0 Å². The third-order valence-electron chi connectivity index (χ3n) is 3.54. The van der Waals surface area contributed by atoms with E-state index in [-0.39, 0.29) is 23.4 Å². The summed E-state index contributed by atoms with van der Waals surface area (Å²) in [6, 6.07) is 14.6. The molecule has 2 aromatic rings. The maximum absolute atomic E-state index is 13.7. The van der Waals surface area contributed by atoms with Crippen LogP contribution in [0.3, 0.4) is 0 Å². The van der Waals surface area contributed by atoms with Crippen LogP contribution in [0, 0.1) is 11.7 Å². The van der Waals surface area contributed by atoms with E-state index in [1.165, 1.54) is 11.6 Å². The Bertz CT molecular complexity index is 644. The van der Waals surface area contributed by atoms with Crippen molar-refractivity contribution in [2.24, 2.45) is 5.92 Å². The Morgan fingerprint density at radius 3 is 2.65 bits per heavy atom. The molecule has 1 aliphatic rings. The molecule has 4 heteroatoms. The van der Waals surface area contributed by atoms with Gasteiger partial charge in [-0.05, 0) is 36.1 Å². The second-order valence-electron chi connectivity index (χ2n) is 4.97. The van der Waals surface area contributed by atoms with Gasteiger partial charge >= 0.3 is 0 Å². The lowest BCUT2D eigenvalue weighted by Crippen LogP contribution is -2.15. The van der Waals surface area contributed by atoms with Crippen molar-refractivity contribution in [1.29, 1.82) is 0 Å². The van der Waals surface area contributed by atoms with Crippen molar-refractivity contribution >= 4 is 27.5 Å². The van der Waals surface area contributed by atoms with E-state index in [2.05, 4.69) is 21.2 Å². The fourth-order valence-electron chi connectivity index (χ4n) is 2.37. The van der Waals surface area contributed by atoms with E-state index in [0.29, 0.717) is 4.47 Å². The molecule has 0 bridgehead atoms. The zero-order valence-electron chi connectivity index (χ0n) is 10.6. The van der Waals surface area contributed by atoms with E-state index in [9.17, 15) is 9.18 Å². The molecule has 1 N–H and O–H groups in total. The standard InChI is InChI=1S/C16H13BrFNO/c17-11-6-7-15(14(18)8-11)19-16(20)13-9-12(13)10-4-2-1-3-5-10/h1-8,12-13H,9H2,(H,19,20)/t12-,13+/m1/s1.